The Morgan fingerprint density at radius 3 is 2.47 bits per heavy atom. The average molecular weight is 280 g/mol. The molecule has 1 heterocycles. The van der Waals surface area contributed by atoms with Crippen LogP contribution in [-0.2, 0) is 24.1 Å². The first-order valence-corrected chi connectivity index (χ1v) is 6.93. The SMILES string of the molecule is CCc1ccc(CC(=O)Cc2ccc(F)cc2F)s1. The van der Waals surface area contributed by atoms with Crippen LogP contribution in [0.15, 0.2) is 30.3 Å². The molecule has 0 saturated carbocycles. The van der Waals surface area contributed by atoms with E-state index in [1.165, 1.54) is 17.0 Å². The Balaban J connectivity index is 2.01. The van der Waals surface area contributed by atoms with Gasteiger partial charge in [0.15, 0.2) is 0 Å². The first-order chi connectivity index (χ1) is 9.08. The number of ketones is 1. The van der Waals surface area contributed by atoms with Crippen molar-refractivity contribution in [1.29, 1.82) is 0 Å². The van der Waals surface area contributed by atoms with Crippen LogP contribution in [0.5, 0.6) is 0 Å². The van der Waals surface area contributed by atoms with Crippen molar-refractivity contribution in [2.75, 3.05) is 0 Å². The largest absolute Gasteiger partial charge is 0.299 e. The molecule has 0 amide bonds. The maximum Gasteiger partial charge on any atom is 0.142 e. The Bertz CT molecular complexity index is 590. The summed E-state index contributed by atoms with van der Waals surface area (Å²) in [5.41, 5.74) is 0.249. The summed E-state index contributed by atoms with van der Waals surface area (Å²) in [4.78, 5) is 14.1. The van der Waals surface area contributed by atoms with E-state index < -0.39 is 11.6 Å². The van der Waals surface area contributed by atoms with Crippen LogP contribution in [-0.4, -0.2) is 5.78 Å². The fraction of sp³-hybridized carbons (Fsp3) is 0.267. The number of halogens is 2. The highest BCUT2D eigenvalue weighted by Crippen LogP contribution is 2.19. The number of hydrogen-bond donors (Lipinski definition) is 0. The lowest BCUT2D eigenvalue weighted by Crippen LogP contribution is -2.07. The molecule has 0 aliphatic carbocycles. The normalized spacial score (nSPS) is 10.7. The summed E-state index contributed by atoms with van der Waals surface area (Å²) < 4.78 is 26.2. The number of aryl methyl sites for hydroxylation is 1. The predicted molar refractivity (Wildman–Crippen MR) is 72.5 cm³/mol. The second-order valence-electron chi connectivity index (χ2n) is 4.35. The molecule has 0 N–H and O–H groups in total. The van der Waals surface area contributed by atoms with E-state index in [-0.39, 0.29) is 17.8 Å². The fourth-order valence-corrected chi connectivity index (χ4v) is 2.83. The molecule has 1 nitrogen and oxygen atoms in total. The molecule has 0 spiro atoms. The van der Waals surface area contributed by atoms with E-state index in [0.717, 1.165) is 17.4 Å². The molecule has 0 saturated heterocycles. The van der Waals surface area contributed by atoms with Gasteiger partial charge < -0.3 is 0 Å². The zero-order valence-corrected chi connectivity index (χ0v) is 11.4. The molecule has 100 valence electrons. The molecule has 0 atom stereocenters. The Labute approximate surface area is 114 Å². The van der Waals surface area contributed by atoms with Gasteiger partial charge in [0, 0.05) is 28.7 Å². The molecule has 0 fully saturated rings. The van der Waals surface area contributed by atoms with Crippen molar-refractivity contribution in [3.63, 3.8) is 0 Å². The number of carbonyl (C=O) groups excluding carboxylic acids is 1. The van der Waals surface area contributed by atoms with Crippen molar-refractivity contribution in [2.45, 2.75) is 26.2 Å². The molecule has 1 aromatic carbocycles. The summed E-state index contributed by atoms with van der Waals surface area (Å²) in [6, 6.07) is 7.25. The van der Waals surface area contributed by atoms with Crippen molar-refractivity contribution in [3.8, 4) is 0 Å². The Kier molecular flexibility index (Phi) is 4.43. The van der Waals surface area contributed by atoms with E-state index in [0.29, 0.717) is 6.42 Å². The van der Waals surface area contributed by atoms with Gasteiger partial charge >= 0.3 is 0 Å². The maximum absolute atomic E-state index is 13.4. The summed E-state index contributed by atoms with van der Waals surface area (Å²) in [5.74, 6) is -1.34. The minimum atomic E-state index is -0.659. The smallest absolute Gasteiger partial charge is 0.142 e. The Hall–Kier alpha value is -1.55. The number of rotatable bonds is 5. The van der Waals surface area contributed by atoms with Gasteiger partial charge in [0.2, 0.25) is 0 Å². The predicted octanol–water partition coefficient (Wildman–Crippen LogP) is 3.94. The molecule has 0 unspecified atom stereocenters. The van der Waals surface area contributed by atoms with E-state index in [2.05, 4.69) is 6.92 Å². The number of benzene rings is 1. The molecule has 4 heteroatoms. The minimum Gasteiger partial charge on any atom is -0.299 e. The third-order valence-electron chi connectivity index (χ3n) is 2.84. The number of hydrogen-bond acceptors (Lipinski definition) is 2. The molecular weight excluding hydrogens is 266 g/mol. The fourth-order valence-electron chi connectivity index (χ4n) is 1.84. The van der Waals surface area contributed by atoms with Crippen molar-refractivity contribution in [2.24, 2.45) is 0 Å². The summed E-state index contributed by atoms with van der Waals surface area (Å²) in [7, 11) is 0. The van der Waals surface area contributed by atoms with Crippen LogP contribution in [0.25, 0.3) is 0 Å². The zero-order valence-electron chi connectivity index (χ0n) is 10.6. The van der Waals surface area contributed by atoms with Crippen LogP contribution in [0.3, 0.4) is 0 Å². The molecule has 0 radical (unpaired) electrons. The second kappa shape index (κ2) is 6.06. The van der Waals surface area contributed by atoms with E-state index in [1.54, 1.807) is 11.3 Å². The van der Waals surface area contributed by atoms with Crippen molar-refractivity contribution in [1.82, 2.24) is 0 Å². The highest BCUT2D eigenvalue weighted by Gasteiger charge is 2.11. The highest BCUT2D eigenvalue weighted by atomic mass is 32.1. The lowest BCUT2D eigenvalue weighted by Gasteiger charge is -2.02. The average Bonchev–Trinajstić information content (AvgIpc) is 2.80. The molecule has 0 aliphatic rings. The van der Waals surface area contributed by atoms with E-state index in [4.69, 9.17) is 0 Å². The molecule has 0 bridgehead atoms. The highest BCUT2D eigenvalue weighted by molar-refractivity contribution is 7.12. The van der Waals surface area contributed by atoms with Gasteiger partial charge in [-0.25, -0.2) is 8.78 Å². The van der Waals surface area contributed by atoms with Gasteiger partial charge in [-0.3, -0.25) is 4.79 Å². The first-order valence-electron chi connectivity index (χ1n) is 6.11. The third-order valence-corrected chi connectivity index (χ3v) is 4.07. The molecule has 2 rings (SSSR count). The van der Waals surface area contributed by atoms with E-state index in [9.17, 15) is 13.6 Å². The molecular formula is C15H14F2OS. The Morgan fingerprint density at radius 1 is 1.11 bits per heavy atom. The van der Waals surface area contributed by atoms with Gasteiger partial charge in [-0.1, -0.05) is 13.0 Å². The number of thiophene rings is 1. The van der Waals surface area contributed by atoms with E-state index >= 15 is 0 Å². The van der Waals surface area contributed by atoms with Crippen LogP contribution in [0.4, 0.5) is 8.78 Å². The van der Waals surface area contributed by atoms with Crippen LogP contribution < -0.4 is 0 Å². The molecule has 1 aromatic heterocycles. The van der Waals surface area contributed by atoms with Crippen LogP contribution in [0, 0.1) is 11.6 Å². The van der Waals surface area contributed by atoms with Crippen molar-refractivity contribution >= 4 is 17.1 Å². The quantitative estimate of drug-likeness (QED) is 0.810. The number of carbonyl (C=O) groups is 1. The second-order valence-corrected chi connectivity index (χ2v) is 5.60. The topological polar surface area (TPSA) is 17.1 Å². The van der Waals surface area contributed by atoms with Gasteiger partial charge in [0.1, 0.15) is 17.4 Å². The molecule has 19 heavy (non-hydrogen) atoms. The van der Waals surface area contributed by atoms with Crippen molar-refractivity contribution < 1.29 is 13.6 Å². The molecule has 0 aliphatic heterocycles. The first kappa shape index (κ1) is 13.9. The lowest BCUT2D eigenvalue weighted by molar-refractivity contribution is -0.117. The zero-order chi connectivity index (χ0) is 13.8. The maximum atomic E-state index is 13.4. The van der Waals surface area contributed by atoms with Gasteiger partial charge in [-0.15, -0.1) is 11.3 Å². The van der Waals surface area contributed by atoms with Gasteiger partial charge in [0.05, 0.1) is 0 Å². The van der Waals surface area contributed by atoms with Gasteiger partial charge in [-0.05, 0) is 30.2 Å². The Morgan fingerprint density at radius 2 is 1.84 bits per heavy atom. The monoisotopic (exact) mass is 280 g/mol. The molecule has 2 aromatic rings. The van der Waals surface area contributed by atoms with Gasteiger partial charge in [0.25, 0.3) is 0 Å². The number of Topliss-reactive ketones (excluding diaryl/α,β-unsaturated/α-hetero) is 1. The van der Waals surface area contributed by atoms with Crippen LogP contribution in [0.2, 0.25) is 0 Å². The minimum absolute atomic E-state index is 0.00543. The lowest BCUT2D eigenvalue weighted by atomic mass is 10.1. The van der Waals surface area contributed by atoms with Crippen LogP contribution in [0.1, 0.15) is 22.2 Å². The van der Waals surface area contributed by atoms with Crippen LogP contribution >= 0.6 is 11.3 Å². The summed E-state index contributed by atoms with van der Waals surface area (Å²) in [6.45, 7) is 2.06. The van der Waals surface area contributed by atoms with Crippen molar-refractivity contribution in [3.05, 3.63) is 57.3 Å². The van der Waals surface area contributed by atoms with E-state index in [1.807, 2.05) is 12.1 Å². The summed E-state index contributed by atoms with van der Waals surface area (Å²) in [5, 5.41) is 0. The summed E-state index contributed by atoms with van der Waals surface area (Å²) >= 11 is 1.60. The summed E-state index contributed by atoms with van der Waals surface area (Å²) in [6.07, 6.45) is 1.26. The standard InChI is InChI=1S/C15H14F2OS/c1-2-13-5-6-14(19-13)9-12(18)7-10-3-4-11(16)8-15(10)17/h3-6,8H,2,7,9H2,1H3. The third kappa shape index (κ3) is 3.70. The van der Waals surface area contributed by atoms with Gasteiger partial charge in [-0.2, -0.15) is 0 Å².